The summed E-state index contributed by atoms with van der Waals surface area (Å²) in [6.45, 7) is 1.09. The minimum absolute atomic E-state index is 0.772. The van der Waals surface area contributed by atoms with E-state index >= 15 is 0 Å². The van der Waals surface area contributed by atoms with Crippen LogP contribution in [0.4, 0.5) is 5.69 Å². The van der Waals surface area contributed by atoms with E-state index in [4.69, 9.17) is 0 Å². The molecule has 0 saturated heterocycles. The quantitative estimate of drug-likeness (QED) is 0.835. The predicted octanol–water partition coefficient (Wildman–Crippen LogP) is 4.19. The van der Waals surface area contributed by atoms with Crippen LogP contribution in [0.1, 0.15) is 31.2 Å². The zero-order valence-corrected chi connectivity index (χ0v) is 12.9. The van der Waals surface area contributed by atoms with Crippen molar-refractivity contribution in [3.8, 4) is 6.07 Å². The molecule has 2 aliphatic rings. The number of hydrogen-bond donors (Lipinski definition) is 0. The average molecular weight is 319 g/mol. The van der Waals surface area contributed by atoms with Crippen LogP contribution in [0.25, 0.3) is 0 Å². The van der Waals surface area contributed by atoms with E-state index in [1.807, 2.05) is 12.1 Å². The minimum atomic E-state index is 0.772. The van der Waals surface area contributed by atoms with Crippen molar-refractivity contribution in [3.05, 3.63) is 28.2 Å². The maximum atomic E-state index is 9.23. The first-order valence-corrected chi connectivity index (χ1v) is 7.87. The summed E-state index contributed by atoms with van der Waals surface area (Å²) in [7, 11) is 2.12. The van der Waals surface area contributed by atoms with Crippen molar-refractivity contribution < 1.29 is 0 Å². The molecule has 1 aromatic rings. The summed E-state index contributed by atoms with van der Waals surface area (Å²) < 4.78 is 1.04. The SMILES string of the molecule is CN(CC1CC2CCC1C2)c1cc(Br)ccc1C#N. The van der Waals surface area contributed by atoms with Crippen molar-refractivity contribution in [1.29, 1.82) is 5.26 Å². The fraction of sp³-hybridized carbons (Fsp3) is 0.562. The van der Waals surface area contributed by atoms with Gasteiger partial charge in [0.1, 0.15) is 6.07 Å². The van der Waals surface area contributed by atoms with Crippen LogP contribution in [0, 0.1) is 29.1 Å². The van der Waals surface area contributed by atoms with Crippen LogP contribution in [-0.2, 0) is 0 Å². The van der Waals surface area contributed by atoms with Gasteiger partial charge in [-0.15, -0.1) is 0 Å². The third kappa shape index (κ3) is 2.51. The summed E-state index contributed by atoms with van der Waals surface area (Å²) in [6.07, 6.45) is 5.71. The van der Waals surface area contributed by atoms with Crippen LogP contribution in [0.15, 0.2) is 22.7 Å². The summed E-state index contributed by atoms with van der Waals surface area (Å²) in [5, 5.41) is 9.23. The molecule has 0 radical (unpaired) electrons. The molecular weight excluding hydrogens is 300 g/mol. The maximum Gasteiger partial charge on any atom is 0.101 e. The van der Waals surface area contributed by atoms with E-state index < -0.39 is 0 Å². The van der Waals surface area contributed by atoms with Crippen LogP contribution < -0.4 is 4.90 Å². The Morgan fingerprint density at radius 1 is 1.37 bits per heavy atom. The molecule has 3 rings (SSSR count). The topological polar surface area (TPSA) is 27.0 Å². The molecule has 3 heteroatoms. The molecular formula is C16H19BrN2. The van der Waals surface area contributed by atoms with Crippen molar-refractivity contribution in [3.63, 3.8) is 0 Å². The molecule has 2 saturated carbocycles. The predicted molar refractivity (Wildman–Crippen MR) is 81.1 cm³/mol. The lowest BCUT2D eigenvalue weighted by atomic mass is 9.88. The van der Waals surface area contributed by atoms with Gasteiger partial charge in [-0.2, -0.15) is 5.26 Å². The van der Waals surface area contributed by atoms with E-state index in [2.05, 4.69) is 40.0 Å². The van der Waals surface area contributed by atoms with Gasteiger partial charge < -0.3 is 4.90 Å². The Bertz CT molecular complexity index is 520. The number of benzene rings is 1. The molecule has 100 valence electrons. The van der Waals surface area contributed by atoms with Crippen molar-refractivity contribution in [2.45, 2.75) is 25.7 Å². The van der Waals surface area contributed by atoms with Gasteiger partial charge in [0.25, 0.3) is 0 Å². The smallest absolute Gasteiger partial charge is 0.101 e. The Morgan fingerprint density at radius 2 is 2.21 bits per heavy atom. The Morgan fingerprint density at radius 3 is 2.84 bits per heavy atom. The van der Waals surface area contributed by atoms with E-state index in [0.29, 0.717) is 0 Å². The second-order valence-electron chi connectivity index (χ2n) is 6.09. The molecule has 0 N–H and O–H groups in total. The Kier molecular flexibility index (Phi) is 3.54. The fourth-order valence-electron chi connectivity index (χ4n) is 3.97. The highest BCUT2D eigenvalue weighted by Crippen LogP contribution is 2.48. The highest BCUT2D eigenvalue weighted by molar-refractivity contribution is 9.10. The maximum absolute atomic E-state index is 9.23. The molecule has 0 aliphatic heterocycles. The molecule has 0 aromatic heterocycles. The molecule has 0 heterocycles. The van der Waals surface area contributed by atoms with Crippen LogP contribution in [0.5, 0.6) is 0 Å². The number of halogens is 1. The van der Waals surface area contributed by atoms with E-state index in [1.165, 1.54) is 25.7 Å². The fourth-order valence-corrected chi connectivity index (χ4v) is 4.31. The lowest BCUT2D eigenvalue weighted by molar-refractivity contribution is 0.337. The van der Waals surface area contributed by atoms with Gasteiger partial charge >= 0.3 is 0 Å². The normalized spacial score (nSPS) is 28.4. The molecule has 1 aromatic carbocycles. The summed E-state index contributed by atoms with van der Waals surface area (Å²) in [5.41, 5.74) is 1.83. The van der Waals surface area contributed by atoms with Gasteiger partial charge in [0.05, 0.1) is 11.3 Å². The van der Waals surface area contributed by atoms with Crippen molar-refractivity contribution >= 4 is 21.6 Å². The molecule has 3 unspecified atom stereocenters. The lowest BCUT2D eigenvalue weighted by Gasteiger charge is -2.29. The lowest BCUT2D eigenvalue weighted by Crippen LogP contribution is -2.29. The summed E-state index contributed by atoms with van der Waals surface area (Å²) in [6, 6.07) is 8.20. The first-order chi connectivity index (χ1) is 9.17. The van der Waals surface area contributed by atoms with E-state index in [0.717, 1.165) is 40.0 Å². The first-order valence-electron chi connectivity index (χ1n) is 7.08. The standard InChI is InChI=1S/C16H19BrN2/c1-19(10-14-7-11-2-3-12(14)6-11)16-8-15(17)5-4-13(16)9-18/h4-5,8,11-12,14H,2-3,6-7,10H2,1H3. The molecule has 2 bridgehead atoms. The van der Waals surface area contributed by atoms with Gasteiger partial charge in [0, 0.05) is 18.1 Å². The number of nitriles is 1. The number of fused-ring (bicyclic) bond motifs is 2. The molecule has 0 spiro atoms. The second kappa shape index (κ2) is 5.17. The second-order valence-corrected chi connectivity index (χ2v) is 7.00. The zero-order valence-electron chi connectivity index (χ0n) is 11.3. The Balaban J connectivity index is 1.75. The average Bonchev–Trinajstić information content (AvgIpc) is 3.01. The summed E-state index contributed by atoms with van der Waals surface area (Å²) >= 11 is 3.50. The molecule has 19 heavy (non-hydrogen) atoms. The van der Waals surface area contributed by atoms with Crippen LogP contribution in [-0.4, -0.2) is 13.6 Å². The van der Waals surface area contributed by atoms with Gasteiger partial charge in [0.15, 0.2) is 0 Å². The van der Waals surface area contributed by atoms with Crippen molar-refractivity contribution in [1.82, 2.24) is 0 Å². The van der Waals surface area contributed by atoms with Crippen LogP contribution in [0.2, 0.25) is 0 Å². The largest absolute Gasteiger partial charge is 0.373 e. The molecule has 0 amide bonds. The van der Waals surface area contributed by atoms with Gasteiger partial charge in [-0.3, -0.25) is 0 Å². The highest BCUT2D eigenvalue weighted by atomic mass is 79.9. The van der Waals surface area contributed by atoms with Crippen LogP contribution >= 0.6 is 15.9 Å². The van der Waals surface area contributed by atoms with E-state index in [1.54, 1.807) is 0 Å². The number of hydrogen-bond acceptors (Lipinski definition) is 2. The highest BCUT2D eigenvalue weighted by Gasteiger charge is 2.39. The molecule has 2 aliphatic carbocycles. The van der Waals surface area contributed by atoms with Crippen molar-refractivity contribution in [2.75, 3.05) is 18.5 Å². The van der Waals surface area contributed by atoms with Gasteiger partial charge in [-0.1, -0.05) is 22.4 Å². The van der Waals surface area contributed by atoms with Gasteiger partial charge in [-0.25, -0.2) is 0 Å². The Labute approximate surface area is 123 Å². The summed E-state index contributed by atoms with van der Waals surface area (Å²) in [5.74, 6) is 2.75. The zero-order chi connectivity index (χ0) is 13.4. The third-order valence-corrected chi connectivity index (χ3v) is 5.38. The molecule has 2 fully saturated rings. The van der Waals surface area contributed by atoms with Gasteiger partial charge in [-0.05, 0) is 55.2 Å². The monoisotopic (exact) mass is 318 g/mol. The number of rotatable bonds is 3. The third-order valence-electron chi connectivity index (χ3n) is 4.88. The molecule has 2 nitrogen and oxygen atoms in total. The Hall–Kier alpha value is -1.01. The van der Waals surface area contributed by atoms with Gasteiger partial charge in [0.2, 0.25) is 0 Å². The summed E-state index contributed by atoms with van der Waals surface area (Å²) in [4.78, 5) is 2.27. The van der Waals surface area contributed by atoms with E-state index in [9.17, 15) is 5.26 Å². The van der Waals surface area contributed by atoms with Crippen LogP contribution in [0.3, 0.4) is 0 Å². The molecule has 3 atom stereocenters. The minimum Gasteiger partial charge on any atom is -0.373 e. The first kappa shape index (κ1) is 13.0. The number of anilines is 1. The number of nitrogens with zero attached hydrogens (tertiary/aromatic N) is 2. The van der Waals surface area contributed by atoms with E-state index in [-0.39, 0.29) is 0 Å². The van der Waals surface area contributed by atoms with Crippen molar-refractivity contribution in [2.24, 2.45) is 17.8 Å².